The van der Waals surface area contributed by atoms with E-state index in [1.807, 2.05) is 12.4 Å². The number of nitrogens with zero attached hydrogens (tertiary/aromatic N) is 1. The fourth-order valence-electron chi connectivity index (χ4n) is 2.24. The number of aryl methyl sites for hydroxylation is 1. The third kappa shape index (κ3) is 5.66. The van der Waals surface area contributed by atoms with Crippen LogP contribution in [0.25, 0.3) is 0 Å². The van der Waals surface area contributed by atoms with Crippen LogP contribution < -0.4 is 5.32 Å². The lowest BCUT2D eigenvalue weighted by molar-refractivity contribution is 0.118. The van der Waals surface area contributed by atoms with Gasteiger partial charge in [0.15, 0.2) is 0 Å². The quantitative estimate of drug-likeness (QED) is 0.717. The van der Waals surface area contributed by atoms with Gasteiger partial charge in [-0.25, -0.2) is 0 Å². The number of hydrogen-bond donors (Lipinski definition) is 1. The number of benzene rings is 1. The minimum atomic E-state index is 0.692. The monoisotopic (exact) mass is 284 g/mol. The summed E-state index contributed by atoms with van der Waals surface area (Å²) < 4.78 is 5.82. The molecule has 1 heterocycles. The number of hydrogen-bond acceptors (Lipinski definition) is 3. The SMILES string of the molecule is CCNCc1ccccc1COCCCc1ccncc1. The van der Waals surface area contributed by atoms with Gasteiger partial charge < -0.3 is 10.1 Å². The highest BCUT2D eigenvalue weighted by atomic mass is 16.5. The Morgan fingerprint density at radius 1 is 1.05 bits per heavy atom. The molecule has 0 unspecified atom stereocenters. The molecule has 3 heteroatoms. The van der Waals surface area contributed by atoms with E-state index in [0.29, 0.717) is 6.61 Å². The summed E-state index contributed by atoms with van der Waals surface area (Å²) in [7, 11) is 0. The first kappa shape index (κ1) is 15.7. The van der Waals surface area contributed by atoms with Crippen molar-refractivity contribution in [2.45, 2.75) is 32.9 Å². The third-order valence-electron chi connectivity index (χ3n) is 3.44. The van der Waals surface area contributed by atoms with E-state index >= 15 is 0 Å². The zero-order valence-electron chi connectivity index (χ0n) is 12.7. The predicted octanol–water partition coefficient (Wildman–Crippen LogP) is 3.34. The van der Waals surface area contributed by atoms with Crippen LogP contribution >= 0.6 is 0 Å². The van der Waals surface area contributed by atoms with Gasteiger partial charge >= 0.3 is 0 Å². The van der Waals surface area contributed by atoms with Gasteiger partial charge in [0.05, 0.1) is 6.61 Å². The lowest BCUT2D eigenvalue weighted by Crippen LogP contribution is -2.13. The van der Waals surface area contributed by atoms with Crippen LogP contribution in [0.4, 0.5) is 0 Å². The Hall–Kier alpha value is -1.71. The van der Waals surface area contributed by atoms with Crippen molar-refractivity contribution in [2.75, 3.05) is 13.2 Å². The molecule has 0 aliphatic rings. The molecular weight excluding hydrogens is 260 g/mol. The molecule has 1 aromatic carbocycles. The highest BCUT2D eigenvalue weighted by Gasteiger charge is 2.01. The molecule has 0 amide bonds. The molecule has 0 spiro atoms. The first-order valence-electron chi connectivity index (χ1n) is 7.64. The normalized spacial score (nSPS) is 10.7. The van der Waals surface area contributed by atoms with E-state index in [-0.39, 0.29) is 0 Å². The van der Waals surface area contributed by atoms with Gasteiger partial charge in [-0.05, 0) is 48.2 Å². The number of aromatic nitrogens is 1. The first-order chi connectivity index (χ1) is 10.4. The first-order valence-corrected chi connectivity index (χ1v) is 7.64. The Balaban J connectivity index is 1.71. The van der Waals surface area contributed by atoms with Crippen LogP contribution in [0.15, 0.2) is 48.8 Å². The van der Waals surface area contributed by atoms with E-state index < -0.39 is 0 Å². The molecule has 0 saturated heterocycles. The maximum atomic E-state index is 5.82. The third-order valence-corrected chi connectivity index (χ3v) is 3.44. The van der Waals surface area contributed by atoms with E-state index in [2.05, 4.69) is 53.6 Å². The van der Waals surface area contributed by atoms with Gasteiger partial charge in [-0.2, -0.15) is 0 Å². The molecule has 0 fully saturated rings. The van der Waals surface area contributed by atoms with E-state index in [9.17, 15) is 0 Å². The van der Waals surface area contributed by atoms with Crippen molar-refractivity contribution in [1.29, 1.82) is 0 Å². The molecule has 0 saturated carbocycles. The van der Waals surface area contributed by atoms with Crippen molar-refractivity contribution in [2.24, 2.45) is 0 Å². The van der Waals surface area contributed by atoms with Crippen LogP contribution in [0, 0.1) is 0 Å². The van der Waals surface area contributed by atoms with Crippen LogP contribution in [0.2, 0.25) is 0 Å². The van der Waals surface area contributed by atoms with Crippen LogP contribution in [0.5, 0.6) is 0 Å². The minimum absolute atomic E-state index is 0.692. The molecule has 21 heavy (non-hydrogen) atoms. The summed E-state index contributed by atoms with van der Waals surface area (Å²) in [4.78, 5) is 4.03. The van der Waals surface area contributed by atoms with Crippen LogP contribution in [-0.2, 0) is 24.3 Å². The van der Waals surface area contributed by atoms with Gasteiger partial charge in [-0.1, -0.05) is 31.2 Å². The summed E-state index contributed by atoms with van der Waals surface area (Å²) in [6, 6.07) is 12.6. The molecule has 0 atom stereocenters. The summed E-state index contributed by atoms with van der Waals surface area (Å²) in [5.74, 6) is 0. The molecule has 0 bridgehead atoms. The number of pyridine rings is 1. The van der Waals surface area contributed by atoms with Crippen molar-refractivity contribution in [1.82, 2.24) is 10.3 Å². The fraction of sp³-hybridized carbons (Fsp3) is 0.389. The van der Waals surface area contributed by atoms with Crippen LogP contribution in [0.1, 0.15) is 30.0 Å². The van der Waals surface area contributed by atoms with Gasteiger partial charge in [0, 0.05) is 25.5 Å². The summed E-state index contributed by atoms with van der Waals surface area (Å²) in [5.41, 5.74) is 3.93. The Bertz CT molecular complexity index is 514. The topological polar surface area (TPSA) is 34.1 Å². The molecule has 112 valence electrons. The molecule has 2 rings (SSSR count). The van der Waals surface area contributed by atoms with E-state index in [1.165, 1.54) is 16.7 Å². The summed E-state index contributed by atoms with van der Waals surface area (Å²) in [6.07, 6.45) is 5.77. The van der Waals surface area contributed by atoms with Gasteiger partial charge in [0.2, 0.25) is 0 Å². The zero-order chi connectivity index (χ0) is 14.8. The highest BCUT2D eigenvalue weighted by Crippen LogP contribution is 2.10. The average molecular weight is 284 g/mol. The second-order valence-corrected chi connectivity index (χ2v) is 5.06. The Kier molecular flexibility index (Phi) is 6.92. The summed E-state index contributed by atoms with van der Waals surface area (Å²) >= 11 is 0. The highest BCUT2D eigenvalue weighted by molar-refractivity contribution is 5.26. The van der Waals surface area contributed by atoms with Crippen molar-refractivity contribution >= 4 is 0 Å². The maximum absolute atomic E-state index is 5.82. The number of ether oxygens (including phenoxy) is 1. The van der Waals surface area contributed by atoms with Crippen LogP contribution in [0.3, 0.4) is 0 Å². The molecular formula is C18H24N2O. The average Bonchev–Trinajstić information content (AvgIpc) is 2.54. The molecule has 3 nitrogen and oxygen atoms in total. The molecule has 0 radical (unpaired) electrons. The predicted molar refractivity (Wildman–Crippen MR) is 86.0 cm³/mol. The molecule has 1 aromatic heterocycles. The van der Waals surface area contributed by atoms with E-state index in [4.69, 9.17) is 4.74 Å². The Labute approximate surface area is 127 Å². The van der Waals surface area contributed by atoms with Crippen molar-refractivity contribution in [3.05, 3.63) is 65.5 Å². The smallest absolute Gasteiger partial charge is 0.0720 e. The number of rotatable bonds is 9. The second-order valence-electron chi connectivity index (χ2n) is 5.06. The van der Waals surface area contributed by atoms with Gasteiger partial charge in [-0.3, -0.25) is 4.98 Å². The minimum Gasteiger partial charge on any atom is -0.377 e. The van der Waals surface area contributed by atoms with Gasteiger partial charge in [0.1, 0.15) is 0 Å². The second kappa shape index (κ2) is 9.27. The summed E-state index contributed by atoms with van der Waals surface area (Å²) in [5, 5.41) is 3.37. The standard InChI is InChI=1S/C18H24N2O/c1-2-19-14-17-7-3-4-8-18(17)15-21-13-5-6-16-9-11-20-12-10-16/h3-4,7-12,19H,2,5-6,13-15H2,1H3. The lowest BCUT2D eigenvalue weighted by atomic mass is 10.1. The van der Waals surface area contributed by atoms with Crippen LogP contribution in [-0.4, -0.2) is 18.1 Å². The molecule has 2 aromatic rings. The number of nitrogens with one attached hydrogen (secondary N) is 1. The Morgan fingerprint density at radius 3 is 2.57 bits per heavy atom. The van der Waals surface area contributed by atoms with Gasteiger partial charge in [-0.15, -0.1) is 0 Å². The molecule has 0 aliphatic heterocycles. The molecule has 1 N–H and O–H groups in total. The largest absolute Gasteiger partial charge is 0.377 e. The lowest BCUT2D eigenvalue weighted by Gasteiger charge is -2.10. The van der Waals surface area contributed by atoms with Crippen molar-refractivity contribution in [3.8, 4) is 0 Å². The maximum Gasteiger partial charge on any atom is 0.0720 e. The van der Waals surface area contributed by atoms with Gasteiger partial charge in [0.25, 0.3) is 0 Å². The van der Waals surface area contributed by atoms with Crippen molar-refractivity contribution in [3.63, 3.8) is 0 Å². The van der Waals surface area contributed by atoms with E-state index in [0.717, 1.165) is 32.5 Å². The fourth-order valence-corrected chi connectivity index (χ4v) is 2.24. The zero-order valence-corrected chi connectivity index (χ0v) is 12.7. The van der Waals surface area contributed by atoms with Crippen molar-refractivity contribution < 1.29 is 4.74 Å². The Morgan fingerprint density at radius 2 is 1.81 bits per heavy atom. The molecule has 0 aliphatic carbocycles. The van der Waals surface area contributed by atoms with E-state index in [1.54, 1.807) is 0 Å². The summed E-state index contributed by atoms with van der Waals surface area (Å²) in [6.45, 7) is 5.50.